The molecule has 0 heterocycles. The molecule has 0 saturated carbocycles. The molecule has 0 aliphatic rings. The molecule has 1 aromatic rings. The molecule has 1 aromatic carbocycles. The third-order valence-corrected chi connectivity index (χ3v) is 2.44. The average Bonchev–Trinajstić information content (AvgIpc) is 2.19. The van der Waals surface area contributed by atoms with Crippen LogP contribution in [-0.4, -0.2) is 16.9 Å². The van der Waals surface area contributed by atoms with Crippen molar-refractivity contribution >= 4 is 33.8 Å². The number of ketones is 1. The second-order valence-electron chi connectivity index (χ2n) is 2.65. The van der Waals surface area contributed by atoms with Gasteiger partial charge in [0.25, 0.3) is 5.78 Å². The van der Waals surface area contributed by atoms with Gasteiger partial charge in [0.05, 0.1) is 4.47 Å². The van der Waals surface area contributed by atoms with E-state index in [1.165, 1.54) is 18.2 Å². The maximum atomic E-state index is 13.0. The van der Waals surface area contributed by atoms with Gasteiger partial charge in [-0.25, -0.2) is 9.18 Å². The Morgan fingerprint density at radius 1 is 1.40 bits per heavy atom. The van der Waals surface area contributed by atoms with Crippen molar-refractivity contribution in [2.24, 2.45) is 0 Å². The van der Waals surface area contributed by atoms with Crippen LogP contribution in [0.15, 0.2) is 28.7 Å². The van der Waals surface area contributed by atoms with Crippen LogP contribution in [0.4, 0.5) is 4.39 Å². The first-order valence-corrected chi connectivity index (χ1v) is 4.71. The summed E-state index contributed by atoms with van der Waals surface area (Å²) in [4.78, 5) is 20.9. The minimum Gasteiger partial charge on any atom is -0.475 e. The molecular formula is C10H6BrFO3. The van der Waals surface area contributed by atoms with Crippen molar-refractivity contribution in [3.8, 4) is 0 Å². The lowest BCUT2D eigenvalue weighted by atomic mass is 10.2. The Morgan fingerprint density at radius 2 is 2.07 bits per heavy atom. The Kier molecular flexibility index (Phi) is 3.74. The largest absolute Gasteiger partial charge is 0.475 e. The smallest absolute Gasteiger partial charge is 0.376 e. The van der Waals surface area contributed by atoms with Crippen molar-refractivity contribution in [2.45, 2.75) is 0 Å². The molecule has 0 aromatic heterocycles. The van der Waals surface area contributed by atoms with Gasteiger partial charge in [0, 0.05) is 0 Å². The standard InChI is InChI=1S/C10H6BrFO3/c11-9-6(2-1-3-7(9)12)4-5-8(13)10(14)15/h1-5H,(H,14,15)/b5-4+. The molecule has 78 valence electrons. The molecule has 3 nitrogen and oxygen atoms in total. The number of hydrogen-bond acceptors (Lipinski definition) is 2. The summed E-state index contributed by atoms with van der Waals surface area (Å²) in [5, 5.41) is 8.30. The highest BCUT2D eigenvalue weighted by atomic mass is 79.9. The van der Waals surface area contributed by atoms with Crippen molar-refractivity contribution < 1.29 is 19.1 Å². The topological polar surface area (TPSA) is 54.4 Å². The predicted molar refractivity (Wildman–Crippen MR) is 55.8 cm³/mol. The molecule has 1 N–H and O–H groups in total. The first-order valence-electron chi connectivity index (χ1n) is 3.91. The molecule has 0 amide bonds. The summed E-state index contributed by atoms with van der Waals surface area (Å²) < 4.78 is 13.2. The normalized spacial score (nSPS) is 10.5. The zero-order chi connectivity index (χ0) is 11.4. The van der Waals surface area contributed by atoms with E-state index in [1.807, 2.05) is 0 Å². The maximum Gasteiger partial charge on any atom is 0.376 e. The molecule has 15 heavy (non-hydrogen) atoms. The molecule has 0 unspecified atom stereocenters. The number of carbonyl (C=O) groups excluding carboxylic acids is 1. The number of carboxylic acids is 1. The monoisotopic (exact) mass is 272 g/mol. The first-order chi connectivity index (χ1) is 7.02. The molecule has 0 atom stereocenters. The summed E-state index contributed by atoms with van der Waals surface area (Å²) in [6, 6.07) is 4.27. The first kappa shape index (κ1) is 11.6. The summed E-state index contributed by atoms with van der Waals surface area (Å²) in [5.41, 5.74) is 0.407. The number of rotatable bonds is 3. The van der Waals surface area contributed by atoms with Gasteiger partial charge in [-0.2, -0.15) is 0 Å². The molecular weight excluding hydrogens is 267 g/mol. The SMILES string of the molecule is O=C(O)C(=O)/C=C/c1cccc(F)c1Br. The lowest BCUT2D eigenvalue weighted by molar-refractivity contribution is -0.146. The number of halogens is 2. The van der Waals surface area contributed by atoms with Gasteiger partial charge in [-0.3, -0.25) is 4.79 Å². The molecule has 1 rings (SSSR count). The molecule has 0 bridgehead atoms. The van der Waals surface area contributed by atoms with Gasteiger partial charge < -0.3 is 5.11 Å². The molecule has 0 saturated heterocycles. The zero-order valence-electron chi connectivity index (χ0n) is 7.41. The highest BCUT2D eigenvalue weighted by molar-refractivity contribution is 9.10. The van der Waals surface area contributed by atoms with Gasteiger partial charge >= 0.3 is 5.97 Å². The average molecular weight is 273 g/mol. The van der Waals surface area contributed by atoms with Gasteiger partial charge in [-0.15, -0.1) is 0 Å². The quantitative estimate of drug-likeness (QED) is 0.678. The van der Waals surface area contributed by atoms with Crippen molar-refractivity contribution in [3.05, 3.63) is 40.1 Å². The zero-order valence-corrected chi connectivity index (χ0v) is 8.99. The van der Waals surface area contributed by atoms with E-state index < -0.39 is 17.6 Å². The Morgan fingerprint density at radius 3 is 2.67 bits per heavy atom. The lowest BCUT2D eigenvalue weighted by Gasteiger charge is -1.98. The highest BCUT2D eigenvalue weighted by Gasteiger charge is 2.07. The van der Waals surface area contributed by atoms with Crippen molar-refractivity contribution in [1.82, 2.24) is 0 Å². The maximum absolute atomic E-state index is 13.0. The summed E-state index contributed by atoms with van der Waals surface area (Å²) in [6.45, 7) is 0. The van der Waals surface area contributed by atoms with Crippen LogP contribution < -0.4 is 0 Å². The lowest BCUT2D eigenvalue weighted by Crippen LogP contribution is -2.08. The second-order valence-corrected chi connectivity index (χ2v) is 3.44. The van der Waals surface area contributed by atoms with E-state index in [4.69, 9.17) is 5.11 Å². The highest BCUT2D eigenvalue weighted by Crippen LogP contribution is 2.21. The van der Waals surface area contributed by atoms with Gasteiger partial charge in [0.1, 0.15) is 5.82 Å². The summed E-state index contributed by atoms with van der Waals surface area (Å²) in [5.74, 6) is -3.06. The van der Waals surface area contributed by atoms with Crippen LogP contribution in [0.3, 0.4) is 0 Å². The van der Waals surface area contributed by atoms with Gasteiger partial charge in [-0.1, -0.05) is 12.1 Å². The van der Waals surface area contributed by atoms with E-state index in [0.29, 0.717) is 5.56 Å². The summed E-state index contributed by atoms with van der Waals surface area (Å²) >= 11 is 2.98. The second kappa shape index (κ2) is 4.84. The fourth-order valence-corrected chi connectivity index (χ4v) is 1.28. The number of carboxylic acid groups (broad SMARTS) is 1. The molecule has 0 spiro atoms. The van der Waals surface area contributed by atoms with E-state index in [-0.39, 0.29) is 4.47 Å². The van der Waals surface area contributed by atoms with Crippen LogP contribution in [0.5, 0.6) is 0 Å². The van der Waals surface area contributed by atoms with Crippen LogP contribution in [-0.2, 0) is 9.59 Å². The molecule has 0 fully saturated rings. The van der Waals surface area contributed by atoms with Crippen LogP contribution in [0.1, 0.15) is 5.56 Å². The number of benzene rings is 1. The Balaban J connectivity index is 2.95. The van der Waals surface area contributed by atoms with Crippen LogP contribution in [0.25, 0.3) is 6.08 Å². The number of hydrogen-bond donors (Lipinski definition) is 1. The van der Waals surface area contributed by atoms with Crippen LogP contribution in [0.2, 0.25) is 0 Å². The van der Waals surface area contributed by atoms with Gasteiger partial charge in [0.15, 0.2) is 0 Å². The Hall–Kier alpha value is -1.49. The van der Waals surface area contributed by atoms with E-state index in [1.54, 1.807) is 6.07 Å². The number of carbonyl (C=O) groups is 2. The fraction of sp³-hybridized carbons (Fsp3) is 0. The van der Waals surface area contributed by atoms with E-state index >= 15 is 0 Å². The molecule has 0 radical (unpaired) electrons. The van der Waals surface area contributed by atoms with E-state index in [9.17, 15) is 14.0 Å². The molecule has 5 heteroatoms. The number of aliphatic carboxylic acids is 1. The summed E-state index contributed by atoms with van der Waals surface area (Å²) in [6.07, 6.45) is 2.12. The van der Waals surface area contributed by atoms with Crippen molar-refractivity contribution in [3.63, 3.8) is 0 Å². The van der Waals surface area contributed by atoms with Crippen LogP contribution in [0, 0.1) is 5.82 Å². The van der Waals surface area contributed by atoms with Crippen LogP contribution >= 0.6 is 15.9 Å². The van der Waals surface area contributed by atoms with E-state index in [2.05, 4.69) is 15.9 Å². The third-order valence-electron chi connectivity index (χ3n) is 1.61. The third kappa shape index (κ3) is 2.99. The predicted octanol–water partition coefficient (Wildman–Crippen LogP) is 2.26. The van der Waals surface area contributed by atoms with Gasteiger partial charge in [0.2, 0.25) is 0 Å². The minimum absolute atomic E-state index is 0.194. The fourth-order valence-electron chi connectivity index (χ4n) is 0.886. The molecule has 0 aliphatic heterocycles. The van der Waals surface area contributed by atoms with E-state index in [0.717, 1.165) is 6.08 Å². The summed E-state index contributed by atoms with van der Waals surface area (Å²) in [7, 11) is 0. The Labute approximate surface area is 93.4 Å². The van der Waals surface area contributed by atoms with Crippen molar-refractivity contribution in [2.75, 3.05) is 0 Å². The minimum atomic E-state index is -1.54. The van der Waals surface area contributed by atoms with Crippen molar-refractivity contribution in [1.29, 1.82) is 0 Å². The molecule has 0 aliphatic carbocycles. The Bertz CT molecular complexity index is 440. The van der Waals surface area contributed by atoms with Gasteiger partial charge in [-0.05, 0) is 39.7 Å².